The van der Waals surface area contributed by atoms with Crippen molar-refractivity contribution in [2.24, 2.45) is 0 Å². The van der Waals surface area contributed by atoms with Crippen LogP contribution in [0.15, 0.2) is 0 Å². The predicted octanol–water partition coefficient (Wildman–Crippen LogP) is 1.22. The number of hydrogen-bond donors (Lipinski definition) is 1. The highest BCUT2D eigenvalue weighted by Gasteiger charge is 2.27. The van der Waals surface area contributed by atoms with Crippen molar-refractivity contribution in [3.05, 3.63) is 0 Å². The molecule has 1 saturated heterocycles. The number of rotatable bonds is 2. The maximum Gasteiger partial charge on any atom is 0.323 e. The second-order valence-electron chi connectivity index (χ2n) is 3.99. The zero-order valence-electron chi connectivity index (χ0n) is 7.92. The molecule has 0 radical (unpaired) electrons. The van der Waals surface area contributed by atoms with Gasteiger partial charge in [-0.15, -0.1) is 0 Å². The van der Waals surface area contributed by atoms with Crippen LogP contribution in [0.2, 0.25) is 0 Å². The maximum absolute atomic E-state index is 11.5. The molecule has 13 heavy (non-hydrogen) atoms. The van der Waals surface area contributed by atoms with Gasteiger partial charge in [-0.25, -0.2) is 0 Å². The van der Waals surface area contributed by atoms with Crippen molar-refractivity contribution >= 4 is 5.97 Å². The minimum absolute atomic E-state index is 0.0133. The zero-order valence-corrected chi connectivity index (χ0v) is 7.92. The van der Waals surface area contributed by atoms with Gasteiger partial charge in [0.05, 0.1) is 0 Å². The summed E-state index contributed by atoms with van der Waals surface area (Å²) in [6, 6.07) is -0.0133. The fourth-order valence-corrected chi connectivity index (χ4v) is 2.14. The van der Waals surface area contributed by atoms with E-state index in [1.165, 1.54) is 12.8 Å². The highest BCUT2D eigenvalue weighted by atomic mass is 16.5. The fourth-order valence-electron chi connectivity index (χ4n) is 2.14. The summed E-state index contributed by atoms with van der Waals surface area (Å²) in [6.45, 7) is 0.963. The Labute approximate surface area is 78.8 Å². The van der Waals surface area contributed by atoms with E-state index in [-0.39, 0.29) is 18.1 Å². The molecule has 0 unspecified atom stereocenters. The van der Waals surface area contributed by atoms with Gasteiger partial charge in [0.2, 0.25) is 0 Å². The Bertz CT molecular complexity index is 181. The molecule has 1 N–H and O–H groups in total. The van der Waals surface area contributed by atoms with E-state index >= 15 is 0 Å². The Morgan fingerprint density at radius 3 is 2.54 bits per heavy atom. The number of hydrogen-bond acceptors (Lipinski definition) is 3. The van der Waals surface area contributed by atoms with Crippen LogP contribution in [0.25, 0.3) is 0 Å². The van der Waals surface area contributed by atoms with Crippen molar-refractivity contribution in [2.75, 3.05) is 6.54 Å². The number of nitrogens with one attached hydrogen (secondary N) is 1. The minimum atomic E-state index is -0.0237. The van der Waals surface area contributed by atoms with Gasteiger partial charge in [-0.1, -0.05) is 0 Å². The molecule has 0 bridgehead atoms. The SMILES string of the molecule is O=C(OC1CCCC1)[C@@H]1CCCN1. The largest absolute Gasteiger partial charge is 0.461 e. The molecule has 0 aromatic carbocycles. The van der Waals surface area contributed by atoms with E-state index in [0.29, 0.717) is 0 Å². The molecule has 0 aromatic heterocycles. The lowest BCUT2D eigenvalue weighted by Crippen LogP contribution is -2.34. The quantitative estimate of drug-likeness (QED) is 0.654. The van der Waals surface area contributed by atoms with Crippen LogP contribution in [-0.4, -0.2) is 24.7 Å². The molecule has 2 fully saturated rings. The van der Waals surface area contributed by atoms with E-state index < -0.39 is 0 Å². The number of carbonyl (C=O) groups is 1. The smallest absolute Gasteiger partial charge is 0.323 e. The van der Waals surface area contributed by atoms with Gasteiger partial charge in [0.1, 0.15) is 12.1 Å². The Morgan fingerprint density at radius 2 is 1.92 bits per heavy atom. The van der Waals surface area contributed by atoms with Gasteiger partial charge in [0.15, 0.2) is 0 Å². The lowest BCUT2D eigenvalue weighted by molar-refractivity contribution is -0.150. The zero-order chi connectivity index (χ0) is 9.10. The van der Waals surface area contributed by atoms with E-state index in [1.54, 1.807) is 0 Å². The van der Waals surface area contributed by atoms with Crippen molar-refractivity contribution in [1.29, 1.82) is 0 Å². The third kappa shape index (κ3) is 2.21. The van der Waals surface area contributed by atoms with Crippen molar-refractivity contribution < 1.29 is 9.53 Å². The van der Waals surface area contributed by atoms with Gasteiger partial charge in [0, 0.05) is 0 Å². The first-order valence-electron chi connectivity index (χ1n) is 5.30. The summed E-state index contributed by atoms with van der Waals surface area (Å²) in [4.78, 5) is 11.5. The number of esters is 1. The van der Waals surface area contributed by atoms with Crippen molar-refractivity contribution in [3.8, 4) is 0 Å². The molecule has 1 aliphatic heterocycles. The molecule has 1 heterocycles. The van der Waals surface area contributed by atoms with Gasteiger partial charge >= 0.3 is 5.97 Å². The topological polar surface area (TPSA) is 38.3 Å². The van der Waals surface area contributed by atoms with Gasteiger partial charge < -0.3 is 10.1 Å². The predicted molar refractivity (Wildman–Crippen MR) is 49.4 cm³/mol. The molecule has 1 saturated carbocycles. The van der Waals surface area contributed by atoms with Crippen LogP contribution in [0.4, 0.5) is 0 Å². The summed E-state index contributed by atoms with van der Waals surface area (Å²) in [5.74, 6) is -0.0237. The summed E-state index contributed by atoms with van der Waals surface area (Å²) in [7, 11) is 0. The summed E-state index contributed by atoms with van der Waals surface area (Å²) >= 11 is 0. The van der Waals surface area contributed by atoms with Gasteiger partial charge in [-0.2, -0.15) is 0 Å². The Hall–Kier alpha value is -0.570. The van der Waals surface area contributed by atoms with E-state index in [0.717, 1.165) is 32.2 Å². The lowest BCUT2D eigenvalue weighted by Gasteiger charge is -2.14. The average Bonchev–Trinajstić information content (AvgIpc) is 2.74. The number of ether oxygens (including phenoxy) is 1. The van der Waals surface area contributed by atoms with Crippen molar-refractivity contribution in [2.45, 2.75) is 50.7 Å². The average molecular weight is 183 g/mol. The van der Waals surface area contributed by atoms with Crippen LogP contribution in [0.1, 0.15) is 38.5 Å². The molecular formula is C10H17NO2. The maximum atomic E-state index is 11.5. The van der Waals surface area contributed by atoms with E-state index in [2.05, 4.69) is 5.32 Å². The van der Waals surface area contributed by atoms with E-state index in [9.17, 15) is 4.79 Å². The summed E-state index contributed by atoms with van der Waals surface area (Å²) < 4.78 is 5.39. The molecule has 0 spiro atoms. The first-order valence-corrected chi connectivity index (χ1v) is 5.30. The molecule has 2 rings (SSSR count). The second-order valence-corrected chi connectivity index (χ2v) is 3.99. The second kappa shape index (κ2) is 4.09. The van der Waals surface area contributed by atoms with Crippen molar-refractivity contribution in [1.82, 2.24) is 5.32 Å². The van der Waals surface area contributed by atoms with Crippen LogP contribution in [0, 0.1) is 0 Å². The fraction of sp³-hybridized carbons (Fsp3) is 0.900. The van der Waals surface area contributed by atoms with Gasteiger partial charge in [0.25, 0.3) is 0 Å². The molecule has 2 aliphatic rings. The van der Waals surface area contributed by atoms with Crippen LogP contribution in [-0.2, 0) is 9.53 Å². The Kier molecular flexibility index (Phi) is 2.83. The van der Waals surface area contributed by atoms with E-state index in [4.69, 9.17) is 4.74 Å². The molecule has 0 amide bonds. The monoisotopic (exact) mass is 183 g/mol. The van der Waals surface area contributed by atoms with E-state index in [1.807, 2.05) is 0 Å². The molecule has 1 aliphatic carbocycles. The molecule has 74 valence electrons. The molecule has 1 atom stereocenters. The molecular weight excluding hydrogens is 166 g/mol. The molecule has 3 nitrogen and oxygen atoms in total. The normalized spacial score (nSPS) is 29.4. The Balaban J connectivity index is 1.76. The first-order chi connectivity index (χ1) is 6.36. The van der Waals surface area contributed by atoms with Gasteiger partial charge in [-0.05, 0) is 45.1 Å². The van der Waals surface area contributed by atoms with Crippen LogP contribution in [0.5, 0.6) is 0 Å². The highest BCUT2D eigenvalue weighted by molar-refractivity contribution is 5.76. The summed E-state index contributed by atoms with van der Waals surface area (Å²) in [6.07, 6.45) is 6.84. The Morgan fingerprint density at radius 1 is 1.15 bits per heavy atom. The summed E-state index contributed by atoms with van der Waals surface area (Å²) in [5.41, 5.74) is 0. The van der Waals surface area contributed by atoms with Gasteiger partial charge in [-0.3, -0.25) is 4.79 Å². The van der Waals surface area contributed by atoms with Crippen molar-refractivity contribution in [3.63, 3.8) is 0 Å². The molecule has 0 aromatic rings. The first kappa shape index (κ1) is 9.00. The highest BCUT2D eigenvalue weighted by Crippen LogP contribution is 2.22. The minimum Gasteiger partial charge on any atom is -0.461 e. The third-order valence-corrected chi connectivity index (χ3v) is 2.93. The van der Waals surface area contributed by atoms with Crippen LogP contribution in [0.3, 0.4) is 0 Å². The summed E-state index contributed by atoms with van der Waals surface area (Å²) in [5, 5.41) is 3.16. The third-order valence-electron chi connectivity index (χ3n) is 2.93. The molecule has 3 heteroatoms. The van der Waals surface area contributed by atoms with Crippen LogP contribution < -0.4 is 5.32 Å². The standard InChI is InChI=1S/C10H17NO2/c12-10(9-6-3-7-11-9)13-8-4-1-2-5-8/h8-9,11H,1-7H2/t9-/m0/s1. The lowest BCUT2D eigenvalue weighted by atomic mass is 10.2. The van der Waals surface area contributed by atoms with Crippen LogP contribution >= 0.6 is 0 Å². The number of carbonyl (C=O) groups excluding carboxylic acids is 1.